The van der Waals surface area contributed by atoms with Crippen molar-refractivity contribution in [3.8, 4) is 0 Å². The van der Waals surface area contributed by atoms with Gasteiger partial charge in [-0.1, -0.05) is 13.8 Å². The maximum Gasteiger partial charge on any atom is 0.481 e. The highest BCUT2D eigenvalue weighted by atomic mass is 32.2. The number of amides is 2. The molecule has 312 valence electrons. The van der Waals surface area contributed by atoms with E-state index in [1.807, 2.05) is 0 Å². The van der Waals surface area contributed by atoms with Crippen molar-refractivity contribution in [3.05, 3.63) is 12.7 Å². The molecule has 0 aromatic carbocycles. The van der Waals surface area contributed by atoms with Gasteiger partial charge in [0.05, 0.1) is 30.9 Å². The molecule has 5 unspecified atom stereocenters. The van der Waals surface area contributed by atoms with E-state index in [0.717, 1.165) is 17.2 Å². The number of thioether (sulfide) groups is 1. The van der Waals surface area contributed by atoms with Crippen LogP contribution in [0.4, 0.5) is 5.82 Å². The molecule has 1 fully saturated rings. The number of aromatic nitrogens is 4. The topological polar surface area (TPSA) is 384 Å². The van der Waals surface area contributed by atoms with E-state index >= 15 is 0 Å². The van der Waals surface area contributed by atoms with Crippen LogP contribution in [0.3, 0.4) is 0 Å². The third-order valence-corrected chi connectivity index (χ3v) is 11.8. The monoisotopic (exact) mass is 867 g/mol. The van der Waals surface area contributed by atoms with Gasteiger partial charge in [0.1, 0.15) is 42.5 Å². The Morgan fingerprint density at radius 1 is 1.09 bits per heavy atom. The molecule has 25 nitrogen and oxygen atoms in total. The van der Waals surface area contributed by atoms with Gasteiger partial charge in [0.25, 0.3) is 0 Å². The standard InChI is InChI=1S/C26H44N7O18P3S/c1-14(35)8-15(9-34)55-7-6-28-17(36)4-5-29-24(39)21(38)26(2,3)11-48-54(45,46)51-53(43,44)47-10-16-20(50-52(40,41)42)19(37)25(49-16)33-13-32-18-22(27)30-12-31-23(18)33/h9,12-16,19-21,25,35,37-38H,4-8,10-11H2,1-3H3,(H,28,36)(H,29,39)(H,43,44)(H,45,46)(H2,27,30,31)(H2,40,41,42)/t14?,15?,16-,19-,20-,21?,25-/m1/s1. The number of hydrogen-bond donors (Lipinski definition) is 10. The van der Waals surface area contributed by atoms with Gasteiger partial charge in [-0.3, -0.25) is 27.7 Å². The molecule has 55 heavy (non-hydrogen) atoms. The summed E-state index contributed by atoms with van der Waals surface area (Å²) in [5.74, 6) is -1.09. The van der Waals surface area contributed by atoms with Crippen molar-refractivity contribution in [1.29, 1.82) is 0 Å². The van der Waals surface area contributed by atoms with Gasteiger partial charge < -0.3 is 60.8 Å². The Morgan fingerprint density at radius 3 is 2.40 bits per heavy atom. The SMILES string of the molecule is CC(O)CC(C=O)SCCNC(=O)CCNC(=O)C(O)C(C)(C)COP(=O)(O)OP(=O)(O)OC[C@H]1O[C@@H](n2cnc3c(N)ncnc32)[C@H](O)[C@@H]1OP(=O)(O)O. The summed E-state index contributed by atoms with van der Waals surface area (Å²) in [6.07, 6.45) is -6.64. The van der Waals surface area contributed by atoms with Gasteiger partial charge in [-0.15, -0.1) is 11.8 Å². The number of rotatable bonds is 23. The molecule has 0 radical (unpaired) electrons. The number of nitrogens with two attached hydrogens (primary N) is 1. The highest BCUT2D eigenvalue weighted by Gasteiger charge is 2.50. The smallest absolute Gasteiger partial charge is 0.393 e. The molecule has 0 bridgehead atoms. The first-order chi connectivity index (χ1) is 25.4. The van der Waals surface area contributed by atoms with Crippen molar-refractivity contribution in [1.82, 2.24) is 30.2 Å². The number of carbonyl (C=O) groups excluding carboxylic acids is 3. The number of aliphatic hydroxyl groups excluding tert-OH is 3. The number of aldehydes is 1. The first-order valence-electron chi connectivity index (χ1n) is 16.1. The minimum atomic E-state index is -5.57. The Morgan fingerprint density at radius 2 is 1.76 bits per heavy atom. The van der Waals surface area contributed by atoms with Crippen LogP contribution < -0.4 is 16.4 Å². The Kier molecular flexibility index (Phi) is 16.9. The van der Waals surface area contributed by atoms with Gasteiger partial charge in [0.2, 0.25) is 11.8 Å². The molecule has 2 aromatic rings. The van der Waals surface area contributed by atoms with Crippen molar-refractivity contribution >= 4 is 70.3 Å². The molecule has 1 aliphatic heterocycles. The zero-order valence-electron chi connectivity index (χ0n) is 29.5. The fourth-order valence-electron chi connectivity index (χ4n) is 4.84. The minimum Gasteiger partial charge on any atom is -0.393 e. The number of phosphoric acid groups is 3. The van der Waals surface area contributed by atoms with E-state index in [-0.39, 0.29) is 42.9 Å². The zero-order valence-corrected chi connectivity index (χ0v) is 33.0. The summed E-state index contributed by atoms with van der Waals surface area (Å²) in [6.45, 7) is 2.01. The lowest BCUT2D eigenvalue weighted by Gasteiger charge is -2.30. The lowest BCUT2D eigenvalue weighted by Crippen LogP contribution is -2.46. The van der Waals surface area contributed by atoms with Crippen LogP contribution >= 0.6 is 35.2 Å². The number of nitrogens with zero attached hydrogens (tertiary/aromatic N) is 4. The molecular weight excluding hydrogens is 823 g/mol. The Balaban J connectivity index is 1.50. The molecule has 9 atom stereocenters. The molecule has 1 saturated heterocycles. The predicted molar refractivity (Wildman–Crippen MR) is 188 cm³/mol. The number of nitrogens with one attached hydrogen (secondary N) is 2. The Hall–Kier alpha value is -2.48. The van der Waals surface area contributed by atoms with E-state index in [0.29, 0.717) is 12.0 Å². The summed E-state index contributed by atoms with van der Waals surface area (Å²) in [5.41, 5.74) is 4.24. The Bertz CT molecular complexity index is 1780. The number of anilines is 1. The lowest BCUT2D eigenvalue weighted by molar-refractivity contribution is -0.137. The first kappa shape index (κ1) is 46.9. The van der Waals surface area contributed by atoms with Crippen LogP contribution in [0.2, 0.25) is 0 Å². The maximum atomic E-state index is 12.7. The molecule has 2 amide bonds. The molecule has 0 aliphatic carbocycles. The van der Waals surface area contributed by atoms with Gasteiger partial charge in [-0.25, -0.2) is 28.6 Å². The number of carbonyl (C=O) groups is 3. The minimum absolute atomic E-state index is 0.0266. The highest BCUT2D eigenvalue weighted by Crippen LogP contribution is 2.61. The molecule has 0 saturated carbocycles. The number of ether oxygens (including phenoxy) is 1. The number of phosphoric ester groups is 3. The normalized spacial score (nSPS) is 23.0. The summed E-state index contributed by atoms with van der Waals surface area (Å²) in [5, 5.41) is 35.3. The zero-order chi connectivity index (χ0) is 41.4. The highest BCUT2D eigenvalue weighted by molar-refractivity contribution is 8.00. The second-order valence-electron chi connectivity index (χ2n) is 12.7. The number of imidazole rings is 1. The van der Waals surface area contributed by atoms with Crippen molar-refractivity contribution in [3.63, 3.8) is 0 Å². The molecule has 0 spiro atoms. The van der Waals surface area contributed by atoms with Gasteiger partial charge >= 0.3 is 23.5 Å². The number of aliphatic hydroxyl groups is 3. The van der Waals surface area contributed by atoms with Crippen LogP contribution in [0.15, 0.2) is 12.7 Å². The molecule has 3 rings (SSSR count). The molecule has 3 heterocycles. The van der Waals surface area contributed by atoms with Gasteiger partial charge in [0, 0.05) is 30.7 Å². The van der Waals surface area contributed by atoms with Crippen LogP contribution in [0.1, 0.15) is 39.8 Å². The van der Waals surface area contributed by atoms with E-state index in [1.54, 1.807) is 6.92 Å². The van der Waals surface area contributed by atoms with E-state index in [9.17, 15) is 63.0 Å². The molecule has 29 heteroatoms. The fraction of sp³-hybridized carbons (Fsp3) is 0.692. The lowest BCUT2D eigenvalue weighted by atomic mass is 9.87. The van der Waals surface area contributed by atoms with Gasteiger partial charge in [-0.2, -0.15) is 4.31 Å². The summed E-state index contributed by atoms with van der Waals surface area (Å²) < 4.78 is 62.0. The van der Waals surface area contributed by atoms with E-state index in [2.05, 4.69) is 34.4 Å². The maximum absolute atomic E-state index is 12.7. The van der Waals surface area contributed by atoms with Crippen molar-refractivity contribution in [2.75, 3.05) is 37.8 Å². The van der Waals surface area contributed by atoms with Crippen molar-refractivity contribution in [2.45, 2.75) is 75.6 Å². The summed E-state index contributed by atoms with van der Waals surface area (Å²) >= 11 is 1.25. The summed E-state index contributed by atoms with van der Waals surface area (Å²) in [7, 11) is -16.4. The van der Waals surface area contributed by atoms with Crippen molar-refractivity contribution < 1.29 is 85.6 Å². The van der Waals surface area contributed by atoms with Crippen LogP contribution in [0, 0.1) is 5.41 Å². The van der Waals surface area contributed by atoms with E-state index in [4.69, 9.17) is 19.5 Å². The fourth-order valence-corrected chi connectivity index (χ4v) is 8.68. The number of hydrogen-bond acceptors (Lipinski definition) is 19. The third-order valence-electron chi connectivity index (χ3n) is 7.56. The molecule has 2 aromatic heterocycles. The molecule has 11 N–H and O–H groups in total. The van der Waals surface area contributed by atoms with Crippen LogP contribution in [0.5, 0.6) is 0 Å². The van der Waals surface area contributed by atoms with E-state index in [1.165, 1.54) is 25.6 Å². The second kappa shape index (κ2) is 19.8. The van der Waals surface area contributed by atoms with Crippen LogP contribution in [0.25, 0.3) is 11.2 Å². The number of fused-ring (bicyclic) bond motifs is 1. The molecular formula is C26H44N7O18P3S. The van der Waals surface area contributed by atoms with Gasteiger partial charge in [0.15, 0.2) is 17.7 Å². The average molecular weight is 868 g/mol. The number of nitrogen functional groups attached to an aromatic ring is 1. The molecule has 1 aliphatic rings. The predicted octanol–water partition coefficient (Wildman–Crippen LogP) is -1.52. The summed E-state index contributed by atoms with van der Waals surface area (Å²) in [4.78, 5) is 86.5. The second-order valence-corrected chi connectivity index (χ2v) is 18.3. The quantitative estimate of drug-likeness (QED) is 0.0344. The third kappa shape index (κ3) is 14.4. The van der Waals surface area contributed by atoms with Crippen LogP contribution in [-0.4, -0.2) is 140 Å². The summed E-state index contributed by atoms with van der Waals surface area (Å²) in [6, 6.07) is 0. The first-order valence-corrected chi connectivity index (χ1v) is 21.7. The van der Waals surface area contributed by atoms with Crippen molar-refractivity contribution in [2.24, 2.45) is 5.41 Å². The van der Waals surface area contributed by atoms with E-state index < -0.39 is 95.9 Å². The Labute approximate surface area is 317 Å². The van der Waals surface area contributed by atoms with Crippen LogP contribution in [-0.2, 0) is 50.7 Å². The average Bonchev–Trinajstić information content (AvgIpc) is 3.63. The van der Waals surface area contributed by atoms with Gasteiger partial charge in [-0.05, 0) is 13.3 Å². The largest absolute Gasteiger partial charge is 0.481 e.